The Labute approximate surface area is 132 Å². The van der Waals surface area contributed by atoms with Crippen LogP contribution in [-0.2, 0) is 0 Å². The van der Waals surface area contributed by atoms with Gasteiger partial charge in [-0.05, 0) is 32.0 Å². The molecule has 1 fully saturated rings. The highest BCUT2D eigenvalue weighted by Gasteiger charge is 2.18. The molecule has 0 bridgehead atoms. The van der Waals surface area contributed by atoms with Gasteiger partial charge in [0, 0.05) is 38.6 Å². The number of aromatic nitrogens is 3. The number of nitrogens with zero attached hydrogens (tertiary/aromatic N) is 5. The Morgan fingerprint density at radius 3 is 2.59 bits per heavy atom. The van der Waals surface area contributed by atoms with Gasteiger partial charge in [0.15, 0.2) is 5.65 Å². The molecule has 22 heavy (non-hydrogen) atoms. The smallest absolute Gasteiger partial charge is 0.180 e. The zero-order valence-electron chi connectivity index (χ0n) is 13.6. The van der Waals surface area contributed by atoms with Gasteiger partial charge >= 0.3 is 0 Å². The molecule has 0 unspecified atom stereocenters. The molecule has 5 heteroatoms. The standard InChI is InChI=1S/C17H25N5/c1-21(14-6-4-3-5-7-14)12-13-22(2)16-9-8-15-17(20-16)19-11-10-18-15/h8-11,14H,3-7,12-13H2,1-2H3. The van der Waals surface area contributed by atoms with Crippen LogP contribution in [-0.4, -0.2) is 53.1 Å². The summed E-state index contributed by atoms with van der Waals surface area (Å²) >= 11 is 0. The molecule has 1 saturated carbocycles. The molecule has 0 atom stereocenters. The lowest BCUT2D eigenvalue weighted by Crippen LogP contribution is -2.38. The van der Waals surface area contributed by atoms with E-state index in [9.17, 15) is 0 Å². The minimum absolute atomic E-state index is 0.715. The quantitative estimate of drug-likeness (QED) is 0.849. The van der Waals surface area contributed by atoms with Crippen LogP contribution in [0.2, 0.25) is 0 Å². The molecule has 3 rings (SSSR count). The molecule has 0 saturated heterocycles. The minimum Gasteiger partial charge on any atom is -0.358 e. The van der Waals surface area contributed by atoms with Gasteiger partial charge in [-0.3, -0.25) is 4.98 Å². The lowest BCUT2D eigenvalue weighted by molar-refractivity contribution is 0.196. The first-order chi connectivity index (χ1) is 10.7. The molecule has 0 amide bonds. The number of rotatable bonds is 5. The fourth-order valence-corrected chi connectivity index (χ4v) is 3.18. The fraction of sp³-hybridized carbons (Fsp3) is 0.588. The largest absolute Gasteiger partial charge is 0.358 e. The number of fused-ring (bicyclic) bond motifs is 1. The summed E-state index contributed by atoms with van der Waals surface area (Å²) in [4.78, 5) is 17.9. The van der Waals surface area contributed by atoms with Gasteiger partial charge in [-0.1, -0.05) is 19.3 Å². The predicted octanol–water partition coefficient (Wildman–Crippen LogP) is 2.73. The summed E-state index contributed by atoms with van der Waals surface area (Å²) in [6, 6.07) is 4.78. The molecule has 2 aromatic rings. The summed E-state index contributed by atoms with van der Waals surface area (Å²) in [5, 5.41) is 0. The van der Waals surface area contributed by atoms with Crippen LogP contribution in [0, 0.1) is 0 Å². The number of likely N-dealkylation sites (N-methyl/N-ethyl adjacent to an activating group) is 2. The number of hydrogen-bond donors (Lipinski definition) is 0. The van der Waals surface area contributed by atoms with Crippen molar-refractivity contribution in [3.05, 3.63) is 24.5 Å². The van der Waals surface area contributed by atoms with Crippen LogP contribution in [0.25, 0.3) is 11.2 Å². The lowest BCUT2D eigenvalue weighted by atomic mass is 9.94. The summed E-state index contributed by atoms with van der Waals surface area (Å²) in [5.41, 5.74) is 1.56. The summed E-state index contributed by atoms with van der Waals surface area (Å²) in [5.74, 6) is 0.963. The first kappa shape index (κ1) is 15.2. The Morgan fingerprint density at radius 1 is 1.00 bits per heavy atom. The highest BCUT2D eigenvalue weighted by atomic mass is 15.2. The van der Waals surface area contributed by atoms with Crippen molar-refractivity contribution in [2.75, 3.05) is 32.1 Å². The van der Waals surface area contributed by atoms with E-state index in [1.807, 2.05) is 12.1 Å². The molecule has 0 aromatic carbocycles. The average molecular weight is 299 g/mol. The van der Waals surface area contributed by atoms with Crippen molar-refractivity contribution in [3.63, 3.8) is 0 Å². The third-order valence-corrected chi connectivity index (χ3v) is 4.69. The van der Waals surface area contributed by atoms with Gasteiger partial charge in [-0.15, -0.1) is 0 Å². The van der Waals surface area contributed by atoms with Crippen molar-refractivity contribution in [2.24, 2.45) is 0 Å². The van der Waals surface area contributed by atoms with Gasteiger partial charge in [-0.25, -0.2) is 9.97 Å². The number of pyridine rings is 1. The van der Waals surface area contributed by atoms with Crippen molar-refractivity contribution in [1.82, 2.24) is 19.9 Å². The van der Waals surface area contributed by atoms with Gasteiger partial charge in [0.1, 0.15) is 11.3 Å². The van der Waals surface area contributed by atoms with Gasteiger partial charge in [-0.2, -0.15) is 0 Å². The Hall–Kier alpha value is -1.75. The summed E-state index contributed by atoms with van der Waals surface area (Å²) < 4.78 is 0. The fourth-order valence-electron chi connectivity index (χ4n) is 3.18. The summed E-state index contributed by atoms with van der Waals surface area (Å²) in [6.45, 7) is 2.05. The van der Waals surface area contributed by atoms with Crippen molar-refractivity contribution in [2.45, 2.75) is 38.1 Å². The zero-order chi connectivity index (χ0) is 15.4. The summed E-state index contributed by atoms with van der Waals surface area (Å²) in [7, 11) is 4.35. The molecule has 5 nitrogen and oxygen atoms in total. The minimum atomic E-state index is 0.715. The molecule has 2 heterocycles. The first-order valence-electron chi connectivity index (χ1n) is 8.23. The molecule has 118 valence electrons. The summed E-state index contributed by atoms with van der Waals surface area (Å²) in [6.07, 6.45) is 10.3. The molecule has 0 N–H and O–H groups in total. The van der Waals surface area contributed by atoms with Crippen molar-refractivity contribution >= 4 is 17.0 Å². The predicted molar refractivity (Wildman–Crippen MR) is 90.1 cm³/mol. The van der Waals surface area contributed by atoms with E-state index < -0.39 is 0 Å². The second-order valence-electron chi connectivity index (χ2n) is 6.26. The molecular formula is C17H25N5. The molecule has 0 spiro atoms. The van der Waals surface area contributed by atoms with E-state index in [0.717, 1.165) is 30.5 Å². The maximum atomic E-state index is 4.60. The number of hydrogen-bond acceptors (Lipinski definition) is 5. The molecule has 2 aromatic heterocycles. The second kappa shape index (κ2) is 7.01. The van der Waals surface area contributed by atoms with E-state index >= 15 is 0 Å². The maximum absolute atomic E-state index is 4.60. The van der Waals surface area contributed by atoms with E-state index in [1.165, 1.54) is 32.1 Å². The SMILES string of the molecule is CN(CCN(C)C1CCCCC1)c1ccc2nccnc2n1. The molecule has 1 aliphatic rings. The van der Waals surface area contributed by atoms with E-state index in [2.05, 4.69) is 38.8 Å². The van der Waals surface area contributed by atoms with Crippen LogP contribution < -0.4 is 4.90 Å². The van der Waals surface area contributed by atoms with E-state index in [4.69, 9.17) is 0 Å². The maximum Gasteiger partial charge on any atom is 0.180 e. The molecule has 0 aliphatic heterocycles. The number of anilines is 1. The van der Waals surface area contributed by atoms with E-state index in [-0.39, 0.29) is 0 Å². The monoisotopic (exact) mass is 299 g/mol. The topological polar surface area (TPSA) is 45.2 Å². The third kappa shape index (κ3) is 3.53. The average Bonchev–Trinajstić information content (AvgIpc) is 2.59. The molecular weight excluding hydrogens is 274 g/mol. The van der Waals surface area contributed by atoms with Crippen LogP contribution in [0.1, 0.15) is 32.1 Å². The van der Waals surface area contributed by atoms with Crippen molar-refractivity contribution in [3.8, 4) is 0 Å². The van der Waals surface area contributed by atoms with Gasteiger partial charge in [0.2, 0.25) is 0 Å². The Morgan fingerprint density at radius 2 is 1.77 bits per heavy atom. The van der Waals surface area contributed by atoms with Crippen molar-refractivity contribution in [1.29, 1.82) is 0 Å². The normalized spacial score (nSPS) is 16.3. The van der Waals surface area contributed by atoms with Crippen LogP contribution in [0.15, 0.2) is 24.5 Å². The van der Waals surface area contributed by atoms with Gasteiger partial charge < -0.3 is 9.80 Å². The Balaban J connectivity index is 1.59. The Kier molecular flexibility index (Phi) is 4.83. The Bertz CT molecular complexity index is 609. The van der Waals surface area contributed by atoms with Gasteiger partial charge in [0.05, 0.1) is 0 Å². The molecule has 1 aliphatic carbocycles. The van der Waals surface area contributed by atoms with Crippen LogP contribution >= 0.6 is 0 Å². The second-order valence-corrected chi connectivity index (χ2v) is 6.26. The highest BCUT2D eigenvalue weighted by Crippen LogP contribution is 2.21. The first-order valence-corrected chi connectivity index (χ1v) is 8.23. The van der Waals surface area contributed by atoms with Crippen molar-refractivity contribution < 1.29 is 0 Å². The van der Waals surface area contributed by atoms with Crippen LogP contribution in [0.4, 0.5) is 5.82 Å². The third-order valence-electron chi connectivity index (χ3n) is 4.69. The zero-order valence-corrected chi connectivity index (χ0v) is 13.6. The van der Waals surface area contributed by atoms with Crippen LogP contribution in [0.3, 0.4) is 0 Å². The highest BCUT2D eigenvalue weighted by molar-refractivity contribution is 5.71. The van der Waals surface area contributed by atoms with E-state index in [0.29, 0.717) is 5.65 Å². The van der Waals surface area contributed by atoms with E-state index in [1.54, 1.807) is 12.4 Å². The molecule has 0 radical (unpaired) electrons. The van der Waals surface area contributed by atoms with Gasteiger partial charge in [0.25, 0.3) is 0 Å². The lowest BCUT2D eigenvalue weighted by Gasteiger charge is -2.32. The van der Waals surface area contributed by atoms with Crippen LogP contribution in [0.5, 0.6) is 0 Å².